The minimum absolute atomic E-state index is 0.00174. The van der Waals surface area contributed by atoms with Crippen molar-refractivity contribution in [3.63, 3.8) is 0 Å². The number of ether oxygens (including phenoxy) is 1. The molecular formula is C17H16BrN3O3S. The Bertz CT molecular complexity index is 905. The maximum absolute atomic E-state index is 12.4. The Morgan fingerprint density at radius 2 is 2.16 bits per heavy atom. The summed E-state index contributed by atoms with van der Waals surface area (Å²) in [5.41, 5.74) is 1.13. The molecule has 1 amide bonds. The quantitative estimate of drug-likeness (QED) is 0.618. The number of pyridine rings is 1. The third-order valence-electron chi connectivity index (χ3n) is 3.44. The Morgan fingerprint density at radius 1 is 1.32 bits per heavy atom. The number of anilines is 1. The van der Waals surface area contributed by atoms with E-state index < -0.39 is 0 Å². The van der Waals surface area contributed by atoms with Gasteiger partial charge in [0.1, 0.15) is 11.5 Å². The highest BCUT2D eigenvalue weighted by molar-refractivity contribution is 9.10. The summed E-state index contributed by atoms with van der Waals surface area (Å²) in [6.45, 7) is 2.06. The van der Waals surface area contributed by atoms with Crippen molar-refractivity contribution in [2.75, 3.05) is 11.9 Å². The summed E-state index contributed by atoms with van der Waals surface area (Å²) in [6.07, 6.45) is 2.08. The molecule has 130 valence electrons. The van der Waals surface area contributed by atoms with Crippen LogP contribution in [-0.2, 0) is 27.2 Å². The molecule has 3 aromatic rings. The van der Waals surface area contributed by atoms with Gasteiger partial charge in [0, 0.05) is 15.5 Å². The number of amides is 1. The maximum Gasteiger partial charge on any atom is 0.312 e. The van der Waals surface area contributed by atoms with Gasteiger partial charge >= 0.3 is 5.97 Å². The zero-order valence-corrected chi connectivity index (χ0v) is 15.9. The van der Waals surface area contributed by atoms with Gasteiger partial charge in [-0.2, -0.15) is 0 Å². The molecule has 0 aromatic carbocycles. The lowest BCUT2D eigenvalue weighted by Crippen LogP contribution is -2.17. The van der Waals surface area contributed by atoms with Crippen molar-refractivity contribution in [3.8, 4) is 0 Å². The first-order chi connectivity index (χ1) is 12.1. The van der Waals surface area contributed by atoms with Crippen LogP contribution in [0, 0.1) is 0 Å². The smallest absolute Gasteiger partial charge is 0.312 e. The van der Waals surface area contributed by atoms with E-state index in [1.54, 1.807) is 17.5 Å². The predicted molar refractivity (Wildman–Crippen MR) is 99.9 cm³/mol. The first kappa shape index (κ1) is 17.6. The van der Waals surface area contributed by atoms with Crippen molar-refractivity contribution in [2.24, 2.45) is 0 Å². The van der Waals surface area contributed by atoms with Gasteiger partial charge in [0.2, 0.25) is 5.91 Å². The zero-order valence-electron chi connectivity index (χ0n) is 13.5. The molecule has 0 radical (unpaired) electrons. The molecule has 3 rings (SSSR count). The standard InChI is InChI=1S/C17H16BrN3O3S/c1-2-24-16(23)9-13-17(20-15(22)8-12-4-3-7-25-12)21-10-11(18)5-6-14(21)19-13/h3-7,10H,2,8-9H2,1H3,(H,20,22). The number of rotatable bonds is 6. The van der Waals surface area contributed by atoms with Gasteiger partial charge < -0.3 is 10.1 Å². The van der Waals surface area contributed by atoms with Gasteiger partial charge in [-0.3, -0.25) is 14.0 Å². The van der Waals surface area contributed by atoms with Crippen LogP contribution in [0.3, 0.4) is 0 Å². The van der Waals surface area contributed by atoms with Crippen LogP contribution in [0.1, 0.15) is 17.5 Å². The number of halogens is 1. The van der Waals surface area contributed by atoms with E-state index in [0.717, 1.165) is 9.35 Å². The molecule has 3 heterocycles. The number of hydrogen-bond acceptors (Lipinski definition) is 5. The molecule has 0 saturated heterocycles. The number of aromatic nitrogens is 2. The summed E-state index contributed by atoms with van der Waals surface area (Å²) >= 11 is 4.94. The second kappa shape index (κ2) is 7.79. The Balaban J connectivity index is 1.90. The lowest BCUT2D eigenvalue weighted by atomic mass is 10.3. The number of nitrogens with one attached hydrogen (secondary N) is 1. The van der Waals surface area contributed by atoms with E-state index in [0.29, 0.717) is 23.8 Å². The van der Waals surface area contributed by atoms with E-state index in [4.69, 9.17) is 4.74 Å². The Morgan fingerprint density at radius 3 is 2.88 bits per heavy atom. The first-order valence-corrected chi connectivity index (χ1v) is 9.38. The molecular weight excluding hydrogens is 406 g/mol. The number of thiophene rings is 1. The number of fused-ring (bicyclic) bond motifs is 1. The van der Waals surface area contributed by atoms with E-state index in [1.165, 1.54) is 11.3 Å². The van der Waals surface area contributed by atoms with Crippen LogP contribution in [0.25, 0.3) is 5.65 Å². The highest BCUT2D eigenvalue weighted by Crippen LogP contribution is 2.22. The van der Waals surface area contributed by atoms with Gasteiger partial charge in [0.15, 0.2) is 0 Å². The molecule has 3 aromatic heterocycles. The van der Waals surface area contributed by atoms with Gasteiger partial charge in [0.05, 0.1) is 25.1 Å². The van der Waals surface area contributed by atoms with Gasteiger partial charge in [-0.05, 0) is 46.4 Å². The van der Waals surface area contributed by atoms with E-state index in [9.17, 15) is 9.59 Å². The Labute approximate surface area is 157 Å². The molecule has 8 heteroatoms. The first-order valence-electron chi connectivity index (χ1n) is 7.71. The fraction of sp³-hybridized carbons (Fsp3) is 0.235. The average Bonchev–Trinajstić information content (AvgIpc) is 3.17. The molecule has 1 N–H and O–H groups in total. The van der Waals surface area contributed by atoms with Crippen LogP contribution in [0.15, 0.2) is 40.3 Å². The second-order valence-electron chi connectivity index (χ2n) is 5.27. The summed E-state index contributed by atoms with van der Waals surface area (Å²) in [5, 5.41) is 4.82. The van der Waals surface area contributed by atoms with Crippen molar-refractivity contribution in [1.82, 2.24) is 9.38 Å². The molecule has 25 heavy (non-hydrogen) atoms. The molecule has 0 atom stereocenters. The number of imidazole rings is 1. The Kier molecular flexibility index (Phi) is 5.50. The van der Waals surface area contributed by atoms with Gasteiger partial charge in [-0.1, -0.05) is 6.07 Å². The largest absolute Gasteiger partial charge is 0.466 e. The van der Waals surface area contributed by atoms with Crippen molar-refractivity contribution in [3.05, 3.63) is 50.9 Å². The number of esters is 1. The molecule has 0 fully saturated rings. The number of hydrogen-bond donors (Lipinski definition) is 1. The highest BCUT2D eigenvalue weighted by atomic mass is 79.9. The van der Waals surface area contributed by atoms with Crippen LogP contribution in [0.5, 0.6) is 0 Å². The number of carbonyl (C=O) groups is 2. The zero-order chi connectivity index (χ0) is 17.8. The molecule has 0 unspecified atom stereocenters. The molecule has 0 saturated carbocycles. The minimum Gasteiger partial charge on any atom is -0.466 e. The van der Waals surface area contributed by atoms with Crippen LogP contribution in [-0.4, -0.2) is 27.9 Å². The van der Waals surface area contributed by atoms with E-state index in [-0.39, 0.29) is 24.7 Å². The topological polar surface area (TPSA) is 72.7 Å². The molecule has 6 nitrogen and oxygen atoms in total. The molecule has 0 aliphatic rings. The molecule has 0 bridgehead atoms. The maximum atomic E-state index is 12.4. The summed E-state index contributed by atoms with van der Waals surface area (Å²) in [5.74, 6) is -0.0426. The van der Waals surface area contributed by atoms with E-state index in [2.05, 4.69) is 26.2 Å². The van der Waals surface area contributed by atoms with Crippen molar-refractivity contribution in [2.45, 2.75) is 19.8 Å². The van der Waals surface area contributed by atoms with Gasteiger partial charge in [-0.15, -0.1) is 11.3 Å². The van der Waals surface area contributed by atoms with Gasteiger partial charge in [-0.25, -0.2) is 4.98 Å². The van der Waals surface area contributed by atoms with Gasteiger partial charge in [0.25, 0.3) is 0 Å². The van der Waals surface area contributed by atoms with Crippen LogP contribution in [0.2, 0.25) is 0 Å². The minimum atomic E-state index is -0.376. The van der Waals surface area contributed by atoms with Crippen LogP contribution in [0.4, 0.5) is 5.82 Å². The Hall–Kier alpha value is -2.19. The second-order valence-corrected chi connectivity index (χ2v) is 7.22. The summed E-state index contributed by atoms with van der Waals surface area (Å²) in [4.78, 5) is 29.7. The SMILES string of the molecule is CCOC(=O)Cc1nc2ccc(Br)cn2c1NC(=O)Cc1cccs1. The average molecular weight is 422 g/mol. The number of carbonyl (C=O) groups excluding carboxylic acids is 2. The van der Waals surface area contributed by atoms with Crippen molar-refractivity contribution >= 4 is 50.6 Å². The van der Waals surface area contributed by atoms with Crippen LogP contribution < -0.4 is 5.32 Å². The molecule has 0 spiro atoms. The summed E-state index contributed by atoms with van der Waals surface area (Å²) < 4.78 is 7.60. The number of nitrogens with zero attached hydrogens (tertiary/aromatic N) is 2. The van der Waals surface area contributed by atoms with Crippen molar-refractivity contribution < 1.29 is 14.3 Å². The lowest BCUT2D eigenvalue weighted by Gasteiger charge is -2.07. The van der Waals surface area contributed by atoms with E-state index in [1.807, 2.05) is 29.6 Å². The third kappa shape index (κ3) is 4.26. The molecule has 0 aliphatic carbocycles. The summed E-state index contributed by atoms with van der Waals surface area (Å²) in [7, 11) is 0. The summed E-state index contributed by atoms with van der Waals surface area (Å²) in [6, 6.07) is 7.49. The monoisotopic (exact) mass is 421 g/mol. The van der Waals surface area contributed by atoms with Crippen molar-refractivity contribution in [1.29, 1.82) is 0 Å². The normalized spacial score (nSPS) is 10.8. The predicted octanol–water partition coefficient (Wildman–Crippen LogP) is 3.45. The van der Waals surface area contributed by atoms with Crippen LogP contribution >= 0.6 is 27.3 Å². The fourth-order valence-electron chi connectivity index (χ4n) is 2.42. The third-order valence-corrected chi connectivity index (χ3v) is 4.79. The highest BCUT2D eigenvalue weighted by Gasteiger charge is 2.18. The lowest BCUT2D eigenvalue weighted by molar-refractivity contribution is -0.142. The fourth-order valence-corrected chi connectivity index (χ4v) is 3.46. The molecule has 0 aliphatic heterocycles. The van der Waals surface area contributed by atoms with E-state index >= 15 is 0 Å².